The minimum absolute atomic E-state index is 0.144. The molecule has 0 heterocycles. The van der Waals surface area contributed by atoms with Crippen molar-refractivity contribution in [1.29, 1.82) is 0 Å². The van der Waals surface area contributed by atoms with Gasteiger partial charge in [0.2, 0.25) is 0 Å². The zero-order valence-electron chi connectivity index (χ0n) is 15.3. The van der Waals surface area contributed by atoms with Crippen molar-refractivity contribution in [3.8, 4) is 22.6 Å². The Bertz CT molecular complexity index is 920. The summed E-state index contributed by atoms with van der Waals surface area (Å²) >= 11 is 3.48. The third kappa shape index (κ3) is 5.20. The van der Waals surface area contributed by atoms with Gasteiger partial charge in [0.15, 0.2) is 6.61 Å². The molecule has 0 aliphatic carbocycles. The highest BCUT2D eigenvalue weighted by Gasteiger charge is 2.11. The summed E-state index contributed by atoms with van der Waals surface area (Å²) in [4.78, 5) is 12.1. The van der Waals surface area contributed by atoms with Crippen molar-refractivity contribution in [3.05, 3.63) is 82.8 Å². The Hall–Kier alpha value is -2.59. The van der Waals surface area contributed by atoms with Crippen LogP contribution in [0.25, 0.3) is 11.1 Å². The van der Waals surface area contributed by atoms with Gasteiger partial charge in [-0.2, -0.15) is 0 Å². The molecular weight excluding hydrogens is 404 g/mol. The second-order valence-corrected chi connectivity index (χ2v) is 7.36. The fourth-order valence-corrected chi connectivity index (χ4v) is 3.11. The fourth-order valence-electron chi connectivity index (χ4n) is 2.65. The Kier molecular flexibility index (Phi) is 6.30. The number of hydrogen-bond donors (Lipinski definition) is 0. The molecule has 0 aliphatic heterocycles. The normalized spacial score (nSPS) is 10.7. The number of carbonyl (C=O) groups is 1. The first-order valence-corrected chi connectivity index (χ1v) is 9.60. The summed E-state index contributed by atoms with van der Waals surface area (Å²) in [5, 5.41) is 0. The standard InChI is InChI=1S/C23H21BrO3/c1-16(2)18-9-6-10-20(13-18)26-15-23(25)27-22-12-11-19(14-21(22)24)17-7-4-3-5-8-17/h3-14,16H,15H2,1-2H3. The Morgan fingerprint density at radius 2 is 1.70 bits per heavy atom. The third-order valence-electron chi connectivity index (χ3n) is 4.14. The molecule has 0 N–H and O–H groups in total. The summed E-state index contributed by atoms with van der Waals surface area (Å²) in [6, 6.07) is 23.4. The summed E-state index contributed by atoms with van der Waals surface area (Å²) in [6.07, 6.45) is 0. The van der Waals surface area contributed by atoms with E-state index in [1.54, 1.807) is 6.07 Å². The summed E-state index contributed by atoms with van der Waals surface area (Å²) in [7, 11) is 0. The molecule has 0 saturated heterocycles. The van der Waals surface area contributed by atoms with E-state index in [4.69, 9.17) is 9.47 Å². The molecule has 0 bridgehead atoms. The lowest BCUT2D eigenvalue weighted by Gasteiger charge is -2.11. The average Bonchev–Trinajstić information content (AvgIpc) is 2.69. The second-order valence-electron chi connectivity index (χ2n) is 6.50. The van der Waals surface area contributed by atoms with Gasteiger partial charge in [-0.3, -0.25) is 0 Å². The quantitative estimate of drug-likeness (QED) is 0.347. The van der Waals surface area contributed by atoms with Gasteiger partial charge >= 0.3 is 5.97 Å². The molecule has 0 unspecified atom stereocenters. The first-order chi connectivity index (χ1) is 13.0. The van der Waals surface area contributed by atoms with Gasteiger partial charge in [-0.25, -0.2) is 4.79 Å². The number of carbonyl (C=O) groups excluding carboxylic acids is 1. The predicted molar refractivity (Wildman–Crippen MR) is 111 cm³/mol. The highest BCUT2D eigenvalue weighted by Crippen LogP contribution is 2.31. The maximum absolute atomic E-state index is 12.1. The van der Waals surface area contributed by atoms with Crippen LogP contribution in [0.1, 0.15) is 25.3 Å². The molecule has 27 heavy (non-hydrogen) atoms. The average molecular weight is 425 g/mol. The van der Waals surface area contributed by atoms with Crippen molar-refractivity contribution in [2.45, 2.75) is 19.8 Å². The summed E-state index contributed by atoms with van der Waals surface area (Å²) in [6.45, 7) is 4.09. The SMILES string of the molecule is CC(C)c1cccc(OCC(=O)Oc2ccc(-c3ccccc3)cc2Br)c1. The van der Waals surface area contributed by atoms with Crippen LogP contribution in [0.2, 0.25) is 0 Å². The molecule has 0 fully saturated rings. The van der Waals surface area contributed by atoms with Crippen LogP contribution in [0.15, 0.2) is 77.3 Å². The second kappa shape index (κ2) is 8.87. The lowest BCUT2D eigenvalue weighted by atomic mass is 10.0. The number of hydrogen-bond acceptors (Lipinski definition) is 3. The lowest BCUT2D eigenvalue weighted by molar-refractivity contribution is -0.136. The smallest absolute Gasteiger partial charge is 0.349 e. The maximum Gasteiger partial charge on any atom is 0.349 e. The highest BCUT2D eigenvalue weighted by molar-refractivity contribution is 9.10. The lowest BCUT2D eigenvalue weighted by Crippen LogP contribution is -2.18. The van der Waals surface area contributed by atoms with E-state index in [9.17, 15) is 4.79 Å². The molecule has 3 aromatic rings. The van der Waals surface area contributed by atoms with Gasteiger partial charge < -0.3 is 9.47 Å². The summed E-state index contributed by atoms with van der Waals surface area (Å²) < 4.78 is 11.7. The molecule has 3 aromatic carbocycles. The van der Waals surface area contributed by atoms with Crippen LogP contribution in [0.4, 0.5) is 0 Å². The molecular formula is C23H21BrO3. The third-order valence-corrected chi connectivity index (χ3v) is 4.76. The van der Waals surface area contributed by atoms with Crippen LogP contribution in [-0.4, -0.2) is 12.6 Å². The molecule has 3 rings (SSSR count). The Morgan fingerprint density at radius 3 is 2.41 bits per heavy atom. The number of esters is 1. The van der Waals surface area contributed by atoms with Crippen LogP contribution < -0.4 is 9.47 Å². The van der Waals surface area contributed by atoms with Crippen LogP contribution in [0.3, 0.4) is 0 Å². The number of rotatable bonds is 6. The van der Waals surface area contributed by atoms with Crippen LogP contribution in [0, 0.1) is 0 Å². The van der Waals surface area contributed by atoms with Gasteiger partial charge in [0.25, 0.3) is 0 Å². The van der Waals surface area contributed by atoms with Crippen molar-refractivity contribution in [1.82, 2.24) is 0 Å². The zero-order valence-corrected chi connectivity index (χ0v) is 16.9. The number of ether oxygens (including phenoxy) is 2. The van der Waals surface area contributed by atoms with E-state index in [-0.39, 0.29) is 6.61 Å². The number of halogens is 1. The van der Waals surface area contributed by atoms with E-state index in [1.165, 1.54) is 5.56 Å². The Morgan fingerprint density at radius 1 is 0.926 bits per heavy atom. The minimum atomic E-state index is -0.446. The largest absolute Gasteiger partial charge is 0.482 e. The molecule has 0 aromatic heterocycles. The van der Waals surface area contributed by atoms with Crippen molar-refractivity contribution in [2.24, 2.45) is 0 Å². The van der Waals surface area contributed by atoms with Gasteiger partial charge in [0, 0.05) is 0 Å². The molecule has 0 amide bonds. The highest BCUT2D eigenvalue weighted by atomic mass is 79.9. The Balaban J connectivity index is 1.62. The van der Waals surface area contributed by atoms with Crippen molar-refractivity contribution in [2.75, 3.05) is 6.61 Å². The van der Waals surface area contributed by atoms with Gasteiger partial charge in [0.05, 0.1) is 4.47 Å². The van der Waals surface area contributed by atoms with E-state index >= 15 is 0 Å². The van der Waals surface area contributed by atoms with Crippen molar-refractivity contribution >= 4 is 21.9 Å². The van der Waals surface area contributed by atoms with E-state index in [0.29, 0.717) is 17.4 Å². The van der Waals surface area contributed by atoms with E-state index < -0.39 is 5.97 Å². The van der Waals surface area contributed by atoms with Crippen molar-refractivity contribution < 1.29 is 14.3 Å². The summed E-state index contributed by atoms with van der Waals surface area (Å²) in [5.74, 6) is 1.09. The molecule has 3 nitrogen and oxygen atoms in total. The number of benzene rings is 3. The van der Waals surface area contributed by atoms with Crippen LogP contribution >= 0.6 is 15.9 Å². The maximum atomic E-state index is 12.1. The van der Waals surface area contributed by atoms with Crippen LogP contribution in [0.5, 0.6) is 11.5 Å². The molecule has 138 valence electrons. The first kappa shape index (κ1) is 19.2. The van der Waals surface area contributed by atoms with Gasteiger partial charge in [-0.05, 0) is 62.8 Å². The Labute approximate surface area is 168 Å². The van der Waals surface area contributed by atoms with E-state index in [1.807, 2.05) is 66.7 Å². The predicted octanol–water partition coefficient (Wildman–Crippen LogP) is 6.22. The molecule has 0 atom stereocenters. The molecule has 0 aliphatic rings. The van der Waals surface area contributed by atoms with Crippen LogP contribution in [-0.2, 0) is 4.79 Å². The zero-order chi connectivity index (χ0) is 19.2. The van der Waals surface area contributed by atoms with Gasteiger partial charge in [0.1, 0.15) is 11.5 Å². The fraction of sp³-hybridized carbons (Fsp3) is 0.174. The molecule has 0 spiro atoms. The topological polar surface area (TPSA) is 35.5 Å². The van der Waals surface area contributed by atoms with Gasteiger partial charge in [-0.1, -0.05) is 62.4 Å². The molecule has 0 saturated carbocycles. The minimum Gasteiger partial charge on any atom is -0.482 e. The summed E-state index contributed by atoms with van der Waals surface area (Å²) in [5.41, 5.74) is 3.31. The van der Waals surface area contributed by atoms with Gasteiger partial charge in [-0.15, -0.1) is 0 Å². The molecule has 0 radical (unpaired) electrons. The van der Waals surface area contributed by atoms with E-state index in [2.05, 4.69) is 29.8 Å². The van der Waals surface area contributed by atoms with E-state index in [0.717, 1.165) is 15.6 Å². The first-order valence-electron chi connectivity index (χ1n) is 8.81. The molecule has 4 heteroatoms. The van der Waals surface area contributed by atoms with Crippen molar-refractivity contribution in [3.63, 3.8) is 0 Å². The monoisotopic (exact) mass is 424 g/mol.